The number of benzene rings is 1. The number of halogens is 1. The lowest BCUT2D eigenvalue weighted by molar-refractivity contribution is 0.263. The SMILES string of the molecule is Br.Cc1cc(C)c(N2C=CN(CCCO)C2)c(C)c1. The van der Waals surface area contributed by atoms with E-state index in [0.29, 0.717) is 0 Å². The van der Waals surface area contributed by atoms with Crippen LogP contribution in [-0.4, -0.2) is 29.8 Å². The number of hydrogen-bond acceptors (Lipinski definition) is 3. The Kier molecular flexibility index (Phi) is 5.88. The fourth-order valence-corrected chi connectivity index (χ4v) is 2.65. The molecule has 0 saturated carbocycles. The minimum Gasteiger partial charge on any atom is -0.396 e. The standard InChI is InChI=1S/C15H22N2O.BrH/c1-12-9-13(2)15(14(3)10-12)17-7-6-16(11-17)5-4-8-18;/h6-7,9-10,18H,4-5,8,11H2,1-3H3;1H. The molecule has 0 spiro atoms. The molecule has 1 N–H and O–H groups in total. The summed E-state index contributed by atoms with van der Waals surface area (Å²) < 4.78 is 0. The van der Waals surface area contributed by atoms with Gasteiger partial charge in [-0.1, -0.05) is 17.7 Å². The molecule has 1 aliphatic rings. The molecule has 1 aliphatic heterocycles. The summed E-state index contributed by atoms with van der Waals surface area (Å²) in [7, 11) is 0. The van der Waals surface area contributed by atoms with Gasteiger partial charge in [-0.05, 0) is 38.3 Å². The van der Waals surface area contributed by atoms with Gasteiger partial charge in [0.1, 0.15) is 0 Å². The highest BCUT2D eigenvalue weighted by Gasteiger charge is 2.17. The van der Waals surface area contributed by atoms with Gasteiger partial charge in [-0.25, -0.2) is 0 Å². The highest BCUT2D eigenvalue weighted by molar-refractivity contribution is 8.93. The first-order valence-corrected chi connectivity index (χ1v) is 6.49. The second kappa shape index (κ2) is 6.96. The Balaban J connectivity index is 0.00000180. The van der Waals surface area contributed by atoms with Gasteiger partial charge < -0.3 is 14.9 Å². The van der Waals surface area contributed by atoms with Crippen molar-refractivity contribution in [2.45, 2.75) is 27.2 Å². The third-order valence-corrected chi connectivity index (χ3v) is 3.32. The average Bonchev–Trinajstić information content (AvgIpc) is 2.73. The van der Waals surface area contributed by atoms with Gasteiger partial charge in [0.25, 0.3) is 0 Å². The molecule has 3 nitrogen and oxygen atoms in total. The molecule has 0 saturated heterocycles. The van der Waals surface area contributed by atoms with Crippen LogP contribution in [0.5, 0.6) is 0 Å². The van der Waals surface area contributed by atoms with E-state index >= 15 is 0 Å². The maximum Gasteiger partial charge on any atom is 0.0942 e. The number of anilines is 1. The number of nitrogens with zero attached hydrogens (tertiary/aromatic N) is 2. The summed E-state index contributed by atoms with van der Waals surface area (Å²) >= 11 is 0. The Hall–Kier alpha value is -1.00. The number of rotatable bonds is 4. The van der Waals surface area contributed by atoms with Crippen LogP contribution < -0.4 is 4.90 Å². The van der Waals surface area contributed by atoms with Crippen LogP contribution in [0.1, 0.15) is 23.1 Å². The zero-order valence-corrected chi connectivity index (χ0v) is 13.6. The lowest BCUT2D eigenvalue weighted by Crippen LogP contribution is -2.27. The molecule has 0 unspecified atom stereocenters. The average molecular weight is 327 g/mol. The molecule has 4 heteroatoms. The second-order valence-electron chi connectivity index (χ2n) is 5.05. The van der Waals surface area contributed by atoms with E-state index in [9.17, 15) is 0 Å². The number of hydrogen-bond donors (Lipinski definition) is 1. The molecule has 1 aromatic rings. The van der Waals surface area contributed by atoms with Crippen molar-refractivity contribution in [1.82, 2.24) is 4.90 Å². The zero-order chi connectivity index (χ0) is 13.1. The van der Waals surface area contributed by atoms with Gasteiger partial charge in [-0.3, -0.25) is 0 Å². The Labute approximate surface area is 126 Å². The molecule has 0 radical (unpaired) electrons. The van der Waals surface area contributed by atoms with Gasteiger partial charge in [0, 0.05) is 31.2 Å². The second-order valence-corrected chi connectivity index (χ2v) is 5.05. The predicted octanol–water partition coefficient (Wildman–Crippen LogP) is 3.12. The molecule has 0 aliphatic carbocycles. The Bertz CT molecular complexity index is 436. The number of aliphatic hydroxyl groups is 1. The summed E-state index contributed by atoms with van der Waals surface area (Å²) in [6.07, 6.45) is 5.06. The summed E-state index contributed by atoms with van der Waals surface area (Å²) in [5.74, 6) is 0. The smallest absolute Gasteiger partial charge is 0.0942 e. The van der Waals surface area contributed by atoms with Crippen LogP contribution in [0.4, 0.5) is 5.69 Å². The van der Waals surface area contributed by atoms with E-state index in [2.05, 4.69) is 55.1 Å². The van der Waals surface area contributed by atoms with E-state index in [0.717, 1.165) is 19.6 Å². The maximum atomic E-state index is 8.86. The van der Waals surface area contributed by atoms with Gasteiger partial charge >= 0.3 is 0 Å². The normalized spacial score (nSPS) is 13.9. The van der Waals surface area contributed by atoms with Gasteiger partial charge in [-0.15, -0.1) is 17.0 Å². The quantitative estimate of drug-likeness (QED) is 0.920. The molecule has 1 heterocycles. The molecular formula is C15H23BrN2O. The first-order valence-electron chi connectivity index (χ1n) is 6.49. The molecule has 0 fully saturated rings. The fraction of sp³-hybridized carbons (Fsp3) is 0.467. The van der Waals surface area contributed by atoms with E-state index < -0.39 is 0 Å². The molecule has 0 amide bonds. The van der Waals surface area contributed by atoms with Gasteiger partial charge in [-0.2, -0.15) is 0 Å². The van der Waals surface area contributed by atoms with Gasteiger partial charge in [0.2, 0.25) is 0 Å². The summed E-state index contributed by atoms with van der Waals surface area (Å²) in [5.41, 5.74) is 5.26. The Morgan fingerprint density at radius 2 is 1.74 bits per heavy atom. The van der Waals surface area contributed by atoms with Crippen LogP contribution in [0.2, 0.25) is 0 Å². The lowest BCUT2D eigenvalue weighted by atomic mass is 10.0. The molecule has 106 valence electrons. The molecular weight excluding hydrogens is 304 g/mol. The third kappa shape index (κ3) is 3.74. The van der Waals surface area contributed by atoms with Crippen molar-refractivity contribution in [3.05, 3.63) is 41.2 Å². The van der Waals surface area contributed by atoms with E-state index in [1.807, 2.05) is 0 Å². The van der Waals surface area contributed by atoms with Crippen molar-refractivity contribution >= 4 is 22.7 Å². The monoisotopic (exact) mass is 326 g/mol. The Morgan fingerprint density at radius 3 is 2.32 bits per heavy atom. The molecule has 0 atom stereocenters. The summed E-state index contributed by atoms with van der Waals surface area (Å²) in [5, 5.41) is 8.86. The minimum absolute atomic E-state index is 0. The van der Waals surface area contributed by atoms with Crippen molar-refractivity contribution < 1.29 is 5.11 Å². The minimum atomic E-state index is 0. The van der Waals surface area contributed by atoms with Crippen molar-refractivity contribution in [1.29, 1.82) is 0 Å². The van der Waals surface area contributed by atoms with Crippen molar-refractivity contribution in [3.63, 3.8) is 0 Å². The third-order valence-electron chi connectivity index (χ3n) is 3.32. The van der Waals surface area contributed by atoms with E-state index in [1.54, 1.807) is 0 Å². The highest BCUT2D eigenvalue weighted by atomic mass is 79.9. The largest absolute Gasteiger partial charge is 0.396 e. The van der Waals surface area contributed by atoms with Gasteiger partial charge in [0.05, 0.1) is 6.67 Å². The summed E-state index contributed by atoms with van der Waals surface area (Å²) in [6, 6.07) is 4.46. The summed E-state index contributed by atoms with van der Waals surface area (Å²) in [6.45, 7) is 8.52. The zero-order valence-electron chi connectivity index (χ0n) is 11.9. The van der Waals surface area contributed by atoms with Crippen LogP contribution in [0.3, 0.4) is 0 Å². The Morgan fingerprint density at radius 1 is 1.11 bits per heavy atom. The molecule has 0 bridgehead atoms. The van der Waals surface area contributed by atoms with E-state index in [4.69, 9.17) is 5.11 Å². The predicted molar refractivity (Wildman–Crippen MR) is 85.9 cm³/mol. The summed E-state index contributed by atoms with van der Waals surface area (Å²) in [4.78, 5) is 4.51. The van der Waals surface area contributed by atoms with Crippen LogP contribution >= 0.6 is 17.0 Å². The van der Waals surface area contributed by atoms with Crippen molar-refractivity contribution in [2.24, 2.45) is 0 Å². The van der Waals surface area contributed by atoms with Crippen LogP contribution in [0.25, 0.3) is 0 Å². The molecule has 1 aromatic carbocycles. The molecule has 0 aromatic heterocycles. The van der Waals surface area contributed by atoms with E-state index in [1.165, 1.54) is 22.4 Å². The fourth-order valence-electron chi connectivity index (χ4n) is 2.65. The van der Waals surface area contributed by atoms with Crippen LogP contribution in [0, 0.1) is 20.8 Å². The first kappa shape index (κ1) is 16.1. The number of aryl methyl sites for hydroxylation is 3. The van der Waals surface area contributed by atoms with Crippen LogP contribution in [-0.2, 0) is 0 Å². The topological polar surface area (TPSA) is 26.7 Å². The molecule has 2 rings (SSSR count). The maximum absolute atomic E-state index is 8.86. The highest BCUT2D eigenvalue weighted by Crippen LogP contribution is 2.28. The number of aliphatic hydroxyl groups excluding tert-OH is 1. The van der Waals surface area contributed by atoms with Crippen molar-refractivity contribution in [3.8, 4) is 0 Å². The van der Waals surface area contributed by atoms with E-state index in [-0.39, 0.29) is 23.6 Å². The first-order chi connectivity index (χ1) is 8.61. The lowest BCUT2D eigenvalue weighted by Gasteiger charge is -2.24. The van der Waals surface area contributed by atoms with Gasteiger partial charge in [0.15, 0.2) is 0 Å². The molecule has 19 heavy (non-hydrogen) atoms. The van der Waals surface area contributed by atoms with Crippen molar-refractivity contribution in [2.75, 3.05) is 24.7 Å². The van der Waals surface area contributed by atoms with Crippen LogP contribution in [0.15, 0.2) is 24.5 Å².